The third-order valence-electron chi connectivity index (χ3n) is 2.04. The molecule has 1 aromatic rings. The van der Waals surface area contributed by atoms with Crippen LogP contribution >= 0.6 is 0 Å². The summed E-state index contributed by atoms with van der Waals surface area (Å²) in [6.07, 6.45) is 1.61. The third-order valence-corrected chi connectivity index (χ3v) is 2.04. The fourth-order valence-corrected chi connectivity index (χ4v) is 1.23. The minimum atomic E-state index is -1.42. The van der Waals surface area contributed by atoms with Crippen molar-refractivity contribution in [2.75, 3.05) is 14.2 Å². The quantitative estimate of drug-likeness (QED) is 0.538. The predicted molar refractivity (Wildman–Crippen MR) is 58.0 cm³/mol. The smallest absolute Gasteiger partial charge is 0.186 e. The largest absolute Gasteiger partial charge is 0.545 e. The van der Waals surface area contributed by atoms with Gasteiger partial charge in [0.1, 0.15) is 0 Å². The van der Waals surface area contributed by atoms with Crippen LogP contribution < -0.4 is 14.6 Å². The number of carbonyl (C=O) groups is 2. The molecular formula is C12H11O5-. The molecule has 90 valence electrons. The zero-order valence-electron chi connectivity index (χ0n) is 9.43. The first-order valence-corrected chi connectivity index (χ1v) is 4.74. The van der Waals surface area contributed by atoms with Gasteiger partial charge < -0.3 is 19.4 Å². The Morgan fingerprint density at radius 2 is 1.76 bits per heavy atom. The Morgan fingerprint density at radius 3 is 2.29 bits per heavy atom. The van der Waals surface area contributed by atoms with E-state index in [2.05, 4.69) is 0 Å². The van der Waals surface area contributed by atoms with Gasteiger partial charge in [-0.25, -0.2) is 0 Å². The van der Waals surface area contributed by atoms with Crippen LogP contribution in [0.2, 0.25) is 0 Å². The zero-order chi connectivity index (χ0) is 12.8. The molecule has 0 bridgehead atoms. The molecule has 1 aromatic carbocycles. The number of ether oxygens (including phenoxy) is 2. The molecule has 0 radical (unpaired) electrons. The Kier molecular flexibility index (Phi) is 4.28. The van der Waals surface area contributed by atoms with Crippen molar-refractivity contribution in [3.63, 3.8) is 0 Å². The van der Waals surface area contributed by atoms with Gasteiger partial charge in [0.05, 0.1) is 20.2 Å². The number of methoxy groups -OCH3 is 2. The highest BCUT2D eigenvalue weighted by molar-refractivity contribution is 6.07. The first-order chi connectivity index (χ1) is 8.08. The van der Waals surface area contributed by atoms with Crippen LogP contribution in [0.25, 0.3) is 0 Å². The highest BCUT2D eigenvalue weighted by Gasteiger charge is 2.08. The van der Waals surface area contributed by atoms with E-state index in [1.165, 1.54) is 26.4 Å². The first kappa shape index (κ1) is 12.8. The topological polar surface area (TPSA) is 75.7 Å². The van der Waals surface area contributed by atoms with E-state index < -0.39 is 11.8 Å². The highest BCUT2D eigenvalue weighted by atomic mass is 16.5. The lowest BCUT2D eigenvalue weighted by atomic mass is 10.1. The summed E-state index contributed by atoms with van der Waals surface area (Å²) in [6, 6.07) is 4.56. The van der Waals surface area contributed by atoms with Gasteiger partial charge in [0.25, 0.3) is 0 Å². The van der Waals surface area contributed by atoms with Gasteiger partial charge in [-0.2, -0.15) is 0 Å². The second-order valence-electron chi connectivity index (χ2n) is 3.09. The molecule has 0 fully saturated rings. The van der Waals surface area contributed by atoms with Crippen molar-refractivity contribution in [3.8, 4) is 11.5 Å². The van der Waals surface area contributed by atoms with Crippen molar-refractivity contribution in [1.29, 1.82) is 0 Å². The molecule has 0 aliphatic carbocycles. The zero-order valence-corrected chi connectivity index (χ0v) is 9.43. The summed E-state index contributed by atoms with van der Waals surface area (Å²) >= 11 is 0. The number of carboxylic acids is 1. The van der Waals surface area contributed by atoms with Crippen LogP contribution in [-0.2, 0) is 4.79 Å². The second-order valence-corrected chi connectivity index (χ2v) is 3.09. The van der Waals surface area contributed by atoms with Crippen LogP contribution in [0.5, 0.6) is 11.5 Å². The lowest BCUT2D eigenvalue weighted by molar-refractivity contribution is -0.297. The van der Waals surface area contributed by atoms with E-state index in [-0.39, 0.29) is 0 Å². The number of carboxylic acid groups (broad SMARTS) is 1. The molecule has 17 heavy (non-hydrogen) atoms. The number of allylic oxidation sites excluding steroid dienone is 1. The fraction of sp³-hybridized carbons (Fsp3) is 0.167. The molecule has 0 saturated heterocycles. The molecule has 5 nitrogen and oxygen atoms in total. The lowest BCUT2D eigenvalue weighted by Gasteiger charge is -2.07. The van der Waals surface area contributed by atoms with Gasteiger partial charge in [-0.3, -0.25) is 4.79 Å². The number of hydrogen-bond acceptors (Lipinski definition) is 5. The van der Waals surface area contributed by atoms with Crippen LogP contribution in [0, 0.1) is 0 Å². The van der Waals surface area contributed by atoms with E-state index in [0.29, 0.717) is 23.1 Å². The monoisotopic (exact) mass is 235 g/mol. The van der Waals surface area contributed by atoms with Gasteiger partial charge >= 0.3 is 0 Å². The number of aliphatic carboxylic acids is 1. The van der Waals surface area contributed by atoms with Gasteiger partial charge in [-0.1, -0.05) is 0 Å². The predicted octanol–water partition coefficient (Wildman–Crippen LogP) is 0.193. The van der Waals surface area contributed by atoms with E-state index in [1.807, 2.05) is 0 Å². The van der Waals surface area contributed by atoms with Crippen molar-refractivity contribution in [2.45, 2.75) is 0 Å². The maximum absolute atomic E-state index is 11.5. The van der Waals surface area contributed by atoms with Crippen LogP contribution in [0.4, 0.5) is 0 Å². The van der Waals surface area contributed by atoms with Crippen molar-refractivity contribution in [2.24, 2.45) is 0 Å². The minimum Gasteiger partial charge on any atom is -0.545 e. The van der Waals surface area contributed by atoms with Crippen molar-refractivity contribution in [3.05, 3.63) is 35.9 Å². The van der Waals surface area contributed by atoms with Gasteiger partial charge in [-0.15, -0.1) is 0 Å². The molecule has 1 rings (SSSR count). The average molecular weight is 235 g/mol. The SMILES string of the molecule is COc1ccc(C(=O)/C=C/C(=O)[O-])cc1OC. The Bertz CT molecular complexity index is 462. The summed E-state index contributed by atoms with van der Waals surface area (Å²) in [7, 11) is 2.93. The van der Waals surface area contributed by atoms with Crippen LogP contribution in [0.3, 0.4) is 0 Å². The van der Waals surface area contributed by atoms with Gasteiger partial charge in [0.15, 0.2) is 17.3 Å². The number of carbonyl (C=O) groups excluding carboxylic acids is 2. The molecule has 0 amide bonds. The summed E-state index contributed by atoms with van der Waals surface area (Å²) in [5.41, 5.74) is 0.306. The molecule has 0 aromatic heterocycles. The van der Waals surface area contributed by atoms with E-state index >= 15 is 0 Å². The molecule has 0 saturated carbocycles. The van der Waals surface area contributed by atoms with Crippen LogP contribution in [0.1, 0.15) is 10.4 Å². The van der Waals surface area contributed by atoms with Crippen LogP contribution in [-0.4, -0.2) is 26.0 Å². The Balaban J connectivity index is 2.99. The van der Waals surface area contributed by atoms with E-state index in [4.69, 9.17) is 9.47 Å². The molecule has 0 unspecified atom stereocenters. The summed E-state index contributed by atoms with van der Waals surface area (Å²) < 4.78 is 10.0. The Morgan fingerprint density at radius 1 is 1.12 bits per heavy atom. The average Bonchev–Trinajstić information content (AvgIpc) is 2.34. The molecule has 0 heterocycles. The van der Waals surface area contributed by atoms with Crippen molar-refractivity contribution in [1.82, 2.24) is 0 Å². The summed E-state index contributed by atoms with van der Waals surface area (Å²) in [6.45, 7) is 0. The van der Waals surface area contributed by atoms with E-state index in [0.717, 1.165) is 6.08 Å². The number of hydrogen-bond donors (Lipinski definition) is 0. The van der Waals surface area contributed by atoms with Gasteiger partial charge in [0.2, 0.25) is 0 Å². The molecule has 0 atom stereocenters. The van der Waals surface area contributed by atoms with E-state index in [9.17, 15) is 14.7 Å². The summed E-state index contributed by atoms with van der Waals surface area (Å²) in [4.78, 5) is 21.7. The first-order valence-electron chi connectivity index (χ1n) is 4.74. The Labute approximate surface area is 98.3 Å². The molecule has 0 N–H and O–H groups in total. The molecule has 0 spiro atoms. The summed E-state index contributed by atoms with van der Waals surface area (Å²) in [5, 5.41) is 10.2. The molecule has 0 aliphatic heterocycles. The lowest BCUT2D eigenvalue weighted by Crippen LogP contribution is -2.19. The number of ketones is 1. The fourth-order valence-electron chi connectivity index (χ4n) is 1.23. The molecule has 5 heteroatoms. The maximum Gasteiger partial charge on any atom is 0.186 e. The second kappa shape index (κ2) is 5.69. The highest BCUT2D eigenvalue weighted by Crippen LogP contribution is 2.27. The maximum atomic E-state index is 11.5. The standard InChI is InChI=1S/C12H12O5/c1-16-10-5-3-8(7-11(10)17-2)9(13)4-6-12(14)15/h3-7H,1-2H3,(H,14,15)/p-1/b6-4+. The van der Waals surface area contributed by atoms with Crippen molar-refractivity contribution >= 4 is 11.8 Å². The third kappa shape index (κ3) is 3.34. The normalized spacial score (nSPS) is 10.2. The Hall–Kier alpha value is -2.30. The van der Waals surface area contributed by atoms with Crippen LogP contribution in [0.15, 0.2) is 30.4 Å². The van der Waals surface area contributed by atoms with E-state index in [1.54, 1.807) is 6.07 Å². The number of rotatable bonds is 5. The number of benzene rings is 1. The molecular weight excluding hydrogens is 224 g/mol. The molecule has 0 aliphatic rings. The minimum absolute atomic E-state index is 0.306. The van der Waals surface area contributed by atoms with Gasteiger partial charge in [-0.05, 0) is 30.4 Å². The van der Waals surface area contributed by atoms with Crippen molar-refractivity contribution < 1.29 is 24.2 Å². The summed E-state index contributed by atoms with van der Waals surface area (Å²) in [5.74, 6) is -0.970. The van der Waals surface area contributed by atoms with Gasteiger partial charge in [0, 0.05) is 5.56 Å².